The zero-order valence-electron chi connectivity index (χ0n) is 20.9. The molecule has 0 aliphatic carbocycles. The first kappa shape index (κ1) is 21.6. The Bertz CT molecular complexity index is 1900. The number of fused-ring (bicyclic) bond motifs is 8. The minimum absolute atomic E-state index is 0.0305. The van der Waals surface area contributed by atoms with Crippen LogP contribution in [0, 0.1) is 0 Å². The van der Waals surface area contributed by atoms with Crippen molar-refractivity contribution in [2.24, 2.45) is 0 Å². The van der Waals surface area contributed by atoms with Gasteiger partial charge < -0.3 is 9.62 Å². The Labute approximate surface area is 235 Å². The van der Waals surface area contributed by atoms with E-state index in [0.29, 0.717) is 0 Å². The Balaban J connectivity index is 1.47. The summed E-state index contributed by atoms with van der Waals surface area (Å²) >= 11 is 3.83. The van der Waals surface area contributed by atoms with Crippen molar-refractivity contribution >= 4 is 78.0 Å². The molecular formula is C34H21BN2S2. The molecule has 2 aromatic heterocycles. The Morgan fingerprint density at radius 2 is 0.872 bits per heavy atom. The molecule has 0 atom stereocenters. The third-order valence-electron chi connectivity index (χ3n) is 8.03. The van der Waals surface area contributed by atoms with E-state index < -0.39 is 0 Å². The molecule has 2 aliphatic heterocycles. The third kappa shape index (κ3) is 2.92. The van der Waals surface area contributed by atoms with Crippen LogP contribution < -0.4 is 15.1 Å². The van der Waals surface area contributed by atoms with Gasteiger partial charge >= 0.3 is 6.98 Å². The van der Waals surface area contributed by atoms with Crippen LogP contribution in [0.5, 0.6) is 0 Å². The number of hydrogen-bond donors (Lipinski definition) is 0. The fourth-order valence-electron chi connectivity index (χ4n) is 6.48. The molecule has 2 nitrogen and oxygen atoms in total. The summed E-state index contributed by atoms with van der Waals surface area (Å²) in [6, 6.07) is 46.6. The number of rotatable bonds is 2. The van der Waals surface area contributed by atoms with Crippen LogP contribution in [0.25, 0.3) is 41.1 Å². The fraction of sp³-hybridized carbons (Fsp3) is 0. The molecule has 2 aliphatic rings. The van der Waals surface area contributed by atoms with Crippen LogP contribution in [0.4, 0.5) is 22.7 Å². The molecule has 0 unspecified atom stereocenters. The average Bonchev–Trinajstić information content (AvgIpc) is 3.58. The predicted molar refractivity (Wildman–Crippen MR) is 171 cm³/mol. The van der Waals surface area contributed by atoms with Gasteiger partial charge in [-0.3, -0.25) is 0 Å². The molecular weight excluding hydrogens is 511 g/mol. The Morgan fingerprint density at radius 1 is 0.436 bits per heavy atom. The average molecular weight is 533 g/mol. The number of benzene rings is 5. The van der Waals surface area contributed by atoms with Crippen molar-refractivity contribution in [3.63, 3.8) is 0 Å². The highest BCUT2D eigenvalue weighted by atomic mass is 32.1. The zero-order valence-corrected chi connectivity index (χ0v) is 22.5. The first-order valence-electron chi connectivity index (χ1n) is 13.2. The van der Waals surface area contributed by atoms with Crippen molar-refractivity contribution in [1.82, 2.24) is 0 Å². The Morgan fingerprint density at radius 3 is 1.36 bits per heavy atom. The topological polar surface area (TPSA) is 6.48 Å². The monoisotopic (exact) mass is 532 g/mol. The van der Waals surface area contributed by atoms with Gasteiger partial charge in [0, 0.05) is 31.5 Å². The summed E-state index contributed by atoms with van der Waals surface area (Å²) in [6.45, 7) is -0.0305. The number of para-hydroxylation sites is 2. The first-order chi connectivity index (χ1) is 19.4. The van der Waals surface area contributed by atoms with Gasteiger partial charge in [0.2, 0.25) is 0 Å². The fourth-order valence-corrected chi connectivity index (χ4v) is 8.95. The lowest BCUT2D eigenvalue weighted by Crippen LogP contribution is -2.61. The van der Waals surface area contributed by atoms with Gasteiger partial charge in [-0.25, -0.2) is 0 Å². The largest absolute Gasteiger partial charge is 0.422 e. The number of nitrogens with zero attached hydrogens (tertiary/aromatic N) is 2. The van der Waals surface area contributed by atoms with Gasteiger partial charge in [-0.2, -0.15) is 0 Å². The van der Waals surface area contributed by atoms with E-state index in [1.807, 2.05) is 22.7 Å². The molecule has 39 heavy (non-hydrogen) atoms. The van der Waals surface area contributed by atoms with Crippen molar-refractivity contribution in [2.75, 3.05) is 9.62 Å². The Kier molecular flexibility index (Phi) is 4.48. The maximum absolute atomic E-state index is 2.60. The van der Waals surface area contributed by atoms with Crippen LogP contribution in [0.2, 0.25) is 0 Å². The molecule has 5 aromatic carbocycles. The molecule has 0 N–H and O–H groups in total. The maximum Gasteiger partial charge on any atom is 0.422 e. The van der Waals surface area contributed by atoms with E-state index in [4.69, 9.17) is 0 Å². The number of thiophene rings is 2. The highest BCUT2D eigenvalue weighted by Gasteiger charge is 2.49. The second-order valence-electron chi connectivity index (χ2n) is 10.1. The second-order valence-corrected chi connectivity index (χ2v) is 12.2. The normalized spacial score (nSPS) is 13.5. The number of hydrogen-bond acceptors (Lipinski definition) is 4. The molecule has 0 spiro atoms. The van der Waals surface area contributed by atoms with Crippen LogP contribution in [0.3, 0.4) is 0 Å². The minimum Gasteiger partial charge on any atom is -0.360 e. The summed E-state index contributed by atoms with van der Waals surface area (Å²) in [4.78, 5) is 7.90. The van der Waals surface area contributed by atoms with Crippen molar-refractivity contribution in [1.29, 1.82) is 0 Å². The van der Waals surface area contributed by atoms with Gasteiger partial charge in [0.25, 0.3) is 0 Å². The van der Waals surface area contributed by atoms with Crippen LogP contribution in [-0.2, 0) is 0 Å². The van der Waals surface area contributed by atoms with Crippen molar-refractivity contribution in [3.8, 4) is 20.9 Å². The molecule has 0 fully saturated rings. The van der Waals surface area contributed by atoms with Crippen LogP contribution >= 0.6 is 22.7 Å². The van der Waals surface area contributed by atoms with Gasteiger partial charge in [0.05, 0.1) is 21.1 Å². The third-order valence-corrected chi connectivity index (χ3v) is 10.4. The maximum atomic E-state index is 2.60. The molecule has 182 valence electrons. The van der Waals surface area contributed by atoms with E-state index in [9.17, 15) is 0 Å². The number of anilines is 4. The first-order valence-corrected chi connectivity index (χ1v) is 14.9. The molecule has 9 rings (SSSR count). The van der Waals surface area contributed by atoms with E-state index in [2.05, 4.69) is 137 Å². The van der Waals surface area contributed by atoms with Gasteiger partial charge in [-0.15, -0.1) is 22.7 Å². The Hall–Kier alpha value is -4.32. The highest BCUT2D eigenvalue weighted by Crippen LogP contribution is 2.56. The summed E-state index contributed by atoms with van der Waals surface area (Å²) in [5, 5.41) is 2.62. The van der Waals surface area contributed by atoms with Gasteiger partial charge in [-0.1, -0.05) is 91.0 Å². The molecule has 0 bridgehead atoms. The molecule has 4 heterocycles. The van der Waals surface area contributed by atoms with Crippen molar-refractivity contribution < 1.29 is 0 Å². The summed E-state index contributed by atoms with van der Waals surface area (Å²) in [5.74, 6) is 0. The zero-order chi connectivity index (χ0) is 25.5. The quantitative estimate of drug-likeness (QED) is 0.205. The lowest BCUT2D eigenvalue weighted by molar-refractivity contribution is 1.29. The standard InChI is InChI=1S/C34H21BN2S2/c1-3-12-22(13-4-1)36-31-24-16-7-9-20-28(24)38-33(31)26-18-11-19-27-30(26)35(36)37(23-14-5-2-6-15-23)32-25-17-8-10-21-29(25)39-34(27)32/h1-21H. The summed E-state index contributed by atoms with van der Waals surface area (Å²) in [7, 11) is 0. The summed E-state index contributed by atoms with van der Waals surface area (Å²) in [5.41, 5.74) is 9.12. The second kappa shape index (κ2) is 8.09. The smallest absolute Gasteiger partial charge is 0.360 e. The van der Waals surface area contributed by atoms with Crippen LogP contribution in [0.15, 0.2) is 127 Å². The molecule has 0 radical (unpaired) electrons. The molecule has 5 heteroatoms. The molecule has 0 amide bonds. The van der Waals surface area contributed by atoms with E-state index in [1.54, 1.807) is 0 Å². The summed E-state index contributed by atoms with van der Waals surface area (Å²) in [6.07, 6.45) is 0. The molecule has 0 saturated carbocycles. The molecule has 7 aromatic rings. The lowest BCUT2D eigenvalue weighted by Gasteiger charge is -2.46. The van der Waals surface area contributed by atoms with E-state index in [-0.39, 0.29) is 6.98 Å². The predicted octanol–water partition coefficient (Wildman–Crippen LogP) is 9.45. The summed E-state index contributed by atoms with van der Waals surface area (Å²) < 4.78 is 2.65. The van der Waals surface area contributed by atoms with E-state index in [1.165, 1.54) is 69.3 Å². The van der Waals surface area contributed by atoms with Gasteiger partial charge in [0.1, 0.15) is 0 Å². The van der Waals surface area contributed by atoms with Crippen molar-refractivity contribution in [3.05, 3.63) is 127 Å². The van der Waals surface area contributed by atoms with Crippen molar-refractivity contribution in [2.45, 2.75) is 0 Å². The highest BCUT2D eigenvalue weighted by molar-refractivity contribution is 7.25. The lowest BCUT2D eigenvalue weighted by atomic mass is 9.55. The van der Waals surface area contributed by atoms with Crippen LogP contribution in [0.1, 0.15) is 0 Å². The van der Waals surface area contributed by atoms with E-state index >= 15 is 0 Å². The SMILES string of the molecule is c1ccc(N2B3c4c(cccc4-c4sc5ccccc5c4N3c3ccccc3)-c3sc4ccccc4c32)cc1. The minimum atomic E-state index is -0.0305. The van der Waals surface area contributed by atoms with Crippen LogP contribution in [-0.4, -0.2) is 6.98 Å². The molecule has 0 saturated heterocycles. The van der Waals surface area contributed by atoms with Gasteiger partial charge in [-0.05, 0) is 53.0 Å². The van der Waals surface area contributed by atoms with E-state index in [0.717, 1.165) is 0 Å². The van der Waals surface area contributed by atoms with Gasteiger partial charge in [0.15, 0.2) is 0 Å².